The number of piperidine rings is 1. The van der Waals surface area contributed by atoms with Crippen LogP contribution in [0.5, 0.6) is 0 Å². The standard InChI is InChI=1S/C17H20N4O4S2/c1-11-16(12(2)24-19-11)27(22,23)21-6-3-4-13(9-21)8-15-18-17(20-25-15)14-5-7-26-10-14/h5,7,10,13H,3-4,6,8-9H2,1-2H3. The van der Waals surface area contributed by atoms with Gasteiger partial charge in [-0.3, -0.25) is 0 Å². The van der Waals surface area contributed by atoms with Crippen LogP contribution in [0.3, 0.4) is 0 Å². The monoisotopic (exact) mass is 408 g/mol. The highest BCUT2D eigenvalue weighted by molar-refractivity contribution is 7.89. The number of hydrogen-bond acceptors (Lipinski definition) is 8. The predicted octanol–water partition coefficient (Wildman–Crippen LogP) is 3.05. The summed E-state index contributed by atoms with van der Waals surface area (Å²) in [5.74, 6) is 1.57. The van der Waals surface area contributed by atoms with Gasteiger partial charge in [0.05, 0.1) is 0 Å². The van der Waals surface area contributed by atoms with Crippen molar-refractivity contribution in [2.75, 3.05) is 13.1 Å². The van der Waals surface area contributed by atoms with E-state index in [0.717, 1.165) is 18.4 Å². The molecule has 4 heterocycles. The second kappa shape index (κ2) is 7.17. The number of nitrogens with zero attached hydrogens (tertiary/aromatic N) is 4. The molecule has 0 aliphatic carbocycles. The summed E-state index contributed by atoms with van der Waals surface area (Å²) in [6.07, 6.45) is 2.27. The molecule has 0 aromatic carbocycles. The summed E-state index contributed by atoms with van der Waals surface area (Å²) in [5.41, 5.74) is 1.33. The molecule has 1 aliphatic heterocycles. The Hall–Kier alpha value is -2.04. The lowest BCUT2D eigenvalue weighted by atomic mass is 9.96. The maximum atomic E-state index is 13.0. The molecule has 1 unspecified atom stereocenters. The normalized spacial score (nSPS) is 18.8. The lowest BCUT2D eigenvalue weighted by molar-refractivity contribution is 0.246. The van der Waals surface area contributed by atoms with Crippen LogP contribution in [0.2, 0.25) is 0 Å². The van der Waals surface area contributed by atoms with Crippen LogP contribution in [0.25, 0.3) is 11.4 Å². The number of rotatable bonds is 5. The number of aryl methyl sites for hydroxylation is 2. The molecule has 1 fully saturated rings. The Labute approximate surface area is 161 Å². The zero-order chi connectivity index (χ0) is 19.0. The average Bonchev–Trinajstić information content (AvgIpc) is 3.37. The molecule has 0 saturated carbocycles. The summed E-state index contributed by atoms with van der Waals surface area (Å²) in [6.45, 7) is 4.18. The highest BCUT2D eigenvalue weighted by Gasteiger charge is 2.35. The Morgan fingerprint density at radius 2 is 2.15 bits per heavy atom. The molecule has 8 nitrogen and oxygen atoms in total. The van der Waals surface area contributed by atoms with E-state index >= 15 is 0 Å². The van der Waals surface area contributed by atoms with Crippen molar-refractivity contribution in [3.8, 4) is 11.4 Å². The highest BCUT2D eigenvalue weighted by atomic mass is 32.2. The second-order valence-corrected chi connectivity index (χ2v) is 9.41. The summed E-state index contributed by atoms with van der Waals surface area (Å²) in [4.78, 5) is 4.63. The van der Waals surface area contributed by atoms with Gasteiger partial charge in [0.1, 0.15) is 10.6 Å². The molecule has 1 aliphatic rings. The van der Waals surface area contributed by atoms with Crippen LogP contribution in [-0.2, 0) is 16.4 Å². The molecule has 1 atom stereocenters. The maximum Gasteiger partial charge on any atom is 0.248 e. The maximum absolute atomic E-state index is 13.0. The van der Waals surface area contributed by atoms with Crippen LogP contribution in [0.1, 0.15) is 30.2 Å². The third kappa shape index (κ3) is 3.56. The number of aromatic nitrogens is 3. The quantitative estimate of drug-likeness (QED) is 0.639. The molecule has 144 valence electrons. The van der Waals surface area contributed by atoms with E-state index in [2.05, 4.69) is 15.3 Å². The number of thiophene rings is 1. The molecule has 0 spiro atoms. The first-order chi connectivity index (χ1) is 12.9. The number of hydrogen-bond donors (Lipinski definition) is 0. The van der Waals surface area contributed by atoms with Crippen LogP contribution in [-0.4, -0.2) is 41.1 Å². The van der Waals surface area contributed by atoms with Crippen LogP contribution in [0.4, 0.5) is 0 Å². The van der Waals surface area contributed by atoms with Crippen molar-refractivity contribution in [3.63, 3.8) is 0 Å². The molecule has 1 saturated heterocycles. The van der Waals surface area contributed by atoms with E-state index in [9.17, 15) is 8.42 Å². The lowest BCUT2D eigenvalue weighted by Crippen LogP contribution is -2.40. The molecule has 4 rings (SSSR count). The Kier molecular flexibility index (Phi) is 4.87. The minimum absolute atomic E-state index is 0.129. The molecule has 10 heteroatoms. The van der Waals surface area contributed by atoms with Crippen molar-refractivity contribution in [2.45, 2.75) is 38.0 Å². The smallest absolute Gasteiger partial charge is 0.248 e. The van der Waals surface area contributed by atoms with Crippen molar-refractivity contribution in [1.82, 2.24) is 19.6 Å². The van der Waals surface area contributed by atoms with E-state index in [1.54, 1.807) is 25.2 Å². The van der Waals surface area contributed by atoms with Gasteiger partial charge in [-0.15, -0.1) is 0 Å². The van der Waals surface area contributed by atoms with Gasteiger partial charge in [0.25, 0.3) is 0 Å². The van der Waals surface area contributed by atoms with Crippen molar-refractivity contribution in [2.24, 2.45) is 5.92 Å². The molecular formula is C17H20N4O4S2. The van der Waals surface area contributed by atoms with Crippen LogP contribution >= 0.6 is 11.3 Å². The third-order valence-corrected chi connectivity index (χ3v) is 7.55. The SMILES string of the molecule is Cc1noc(C)c1S(=O)(=O)N1CCCC(Cc2nc(-c3ccsc3)no2)C1. The fourth-order valence-electron chi connectivity index (χ4n) is 3.48. The Bertz CT molecular complexity index is 1000. The molecule has 0 radical (unpaired) electrons. The van der Waals surface area contributed by atoms with E-state index in [1.807, 2.05) is 16.8 Å². The summed E-state index contributed by atoms with van der Waals surface area (Å²) in [7, 11) is -3.62. The summed E-state index contributed by atoms with van der Waals surface area (Å²) < 4.78 is 38.0. The van der Waals surface area contributed by atoms with E-state index in [1.165, 1.54) is 4.31 Å². The van der Waals surface area contributed by atoms with E-state index in [0.29, 0.717) is 42.7 Å². The van der Waals surface area contributed by atoms with Crippen molar-refractivity contribution >= 4 is 21.4 Å². The first kappa shape index (κ1) is 18.3. The fourth-order valence-corrected chi connectivity index (χ4v) is 5.96. The molecule has 3 aromatic heterocycles. The first-order valence-corrected chi connectivity index (χ1v) is 11.1. The highest BCUT2D eigenvalue weighted by Crippen LogP contribution is 2.29. The van der Waals surface area contributed by atoms with E-state index in [4.69, 9.17) is 9.05 Å². The van der Waals surface area contributed by atoms with Crippen molar-refractivity contribution in [1.29, 1.82) is 0 Å². The zero-order valence-electron chi connectivity index (χ0n) is 15.1. The molecule has 3 aromatic rings. The Morgan fingerprint density at radius 3 is 2.85 bits per heavy atom. The van der Waals surface area contributed by atoms with Crippen LogP contribution in [0.15, 0.2) is 30.8 Å². The fraction of sp³-hybridized carbons (Fsp3) is 0.471. The minimum atomic E-state index is -3.62. The summed E-state index contributed by atoms with van der Waals surface area (Å²) >= 11 is 1.58. The summed E-state index contributed by atoms with van der Waals surface area (Å²) in [6, 6.07) is 1.94. The van der Waals surface area contributed by atoms with E-state index in [-0.39, 0.29) is 10.8 Å². The molecule has 0 bridgehead atoms. The molecule has 27 heavy (non-hydrogen) atoms. The topological polar surface area (TPSA) is 102 Å². The molecular weight excluding hydrogens is 388 g/mol. The minimum Gasteiger partial charge on any atom is -0.360 e. The van der Waals surface area contributed by atoms with Gasteiger partial charge in [-0.05, 0) is 44.1 Å². The number of sulfonamides is 1. The van der Waals surface area contributed by atoms with Crippen LogP contribution in [0, 0.1) is 19.8 Å². The second-order valence-electron chi connectivity index (χ2n) is 6.75. The molecule has 0 amide bonds. The predicted molar refractivity (Wildman–Crippen MR) is 98.8 cm³/mol. The summed E-state index contributed by atoms with van der Waals surface area (Å²) in [5, 5.41) is 11.7. The van der Waals surface area contributed by atoms with Crippen molar-refractivity contribution in [3.05, 3.63) is 34.2 Å². The van der Waals surface area contributed by atoms with Gasteiger partial charge in [0.15, 0.2) is 5.76 Å². The largest absolute Gasteiger partial charge is 0.360 e. The molecule has 0 N–H and O–H groups in total. The van der Waals surface area contributed by atoms with Gasteiger partial charge < -0.3 is 9.05 Å². The Balaban J connectivity index is 1.49. The third-order valence-electron chi connectivity index (χ3n) is 4.76. The van der Waals surface area contributed by atoms with Gasteiger partial charge >= 0.3 is 0 Å². The van der Waals surface area contributed by atoms with Gasteiger partial charge in [0, 0.05) is 30.5 Å². The zero-order valence-corrected chi connectivity index (χ0v) is 16.7. The van der Waals surface area contributed by atoms with Gasteiger partial charge in [-0.25, -0.2) is 8.42 Å². The van der Waals surface area contributed by atoms with Gasteiger partial charge in [0.2, 0.25) is 21.7 Å². The first-order valence-electron chi connectivity index (χ1n) is 8.73. The average molecular weight is 409 g/mol. The van der Waals surface area contributed by atoms with Crippen molar-refractivity contribution < 1.29 is 17.5 Å². The van der Waals surface area contributed by atoms with Gasteiger partial charge in [-0.1, -0.05) is 10.3 Å². The Morgan fingerprint density at radius 1 is 1.30 bits per heavy atom. The van der Waals surface area contributed by atoms with Gasteiger partial charge in [-0.2, -0.15) is 20.6 Å². The van der Waals surface area contributed by atoms with Crippen LogP contribution < -0.4 is 0 Å². The lowest BCUT2D eigenvalue weighted by Gasteiger charge is -2.31. The van der Waals surface area contributed by atoms with E-state index < -0.39 is 10.0 Å².